The molecule has 0 aliphatic carbocycles. The third-order valence-electron chi connectivity index (χ3n) is 4.61. The monoisotopic (exact) mass is 390 g/mol. The Labute approximate surface area is 163 Å². The van der Waals surface area contributed by atoms with Gasteiger partial charge in [0, 0.05) is 49.1 Å². The topological polar surface area (TPSA) is 89.7 Å². The molecule has 1 amide bonds. The molecular weight excluding hydrogens is 368 g/mol. The average molecular weight is 391 g/mol. The standard InChI is InChI=1S/C19H23ClN4O3/c1-26-15-7-14(8-16(9-15)27-2)24-4-3-12(11-24)10-22-19(25)13-5-17(20)23-18(21)6-13/h5-9,12H,3-4,10-11H2,1-2H3,(H2,21,23)(H,22,25). The number of amides is 1. The van der Waals surface area contributed by atoms with Gasteiger partial charge in [0.15, 0.2) is 0 Å². The van der Waals surface area contributed by atoms with Crippen molar-refractivity contribution < 1.29 is 14.3 Å². The van der Waals surface area contributed by atoms with Gasteiger partial charge in [0.1, 0.15) is 22.5 Å². The van der Waals surface area contributed by atoms with Crippen molar-refractivity contribution in [2.75, 3.05) is 44.5 Å². The minimum absolute atomic E-state index is 0.201. The molecular formula is C19H23ClN4O3. The molecule has 8 heteroatoms. The minimum Gasteiger partial charge on any atom is -0.497 e. The van der Waals surface area contributed by atoms with Crippen molar-refractivity contribution in [1.29, 1.82) is 0 Å². The minimum atomic E-state index is -0.201. The molecule has 0 radical (unpaired) electrons. The number of anilines is 2. The zero-order valence-corrected chi connectivity index (χ0v) is 16.1. The Bertz CT molecular complexity index is 788. The normalized spacial score (nSPS) is 16.3. The van der Waals surface area contributed by atoms with E-state index < -0.39 is 0 Å². The predicted molar refractivity (Wildman–Crippen MR) is 106 cm³/mol. The van der Waals surface area contributed by atoms with Crippen molar-refractivity contribution in [1.82, 2.24) is 10.3 Å². The van der Waals surface area contributed by atoms with E-state index in [-0.39, 0.29) is 16.9 Å². The van der Waals surface area contributed by atoms with Gasteiger partial charge in [-0.05, 0) is 24.5 Å². The van der Waals surface area contributed by atoms with Crippen LogP contribution in [0, 0.1) is 5.92 Å². The van der Waals surface area contributed by atoms with Crippen molar-refractivity contribution in [3.63, 3.8) is 0 Å². The van der Waals surface area contributed by atoms with Crippen LogP contribution in [0.15, 0.2) is 30.3 Å². The first-order chi connectivity index (χ1) is 13.0. The van der Waals surface area contributed by atoms with Crippen molar-refractivity contribution in [2.45, 2.75) is 6.42 Å². The molecule has 1 aliphatic heterocycles. The van der Waals surface area contributed by atoms with Gasteiger partial charge in [-0.2, -0.15) is 0 Å². The van der Waals surface area contributed by atoms with Gasteiger partial charge in [0.05, 0.1) is 14.2 Å². The van der Waals surface area contributed by atoms with Crippen molar-refractivity contribution in [2.24, 2.45) is 5.92 Å². The highest BCUT2D eigenvalue weighted by atomic mass is 35.5. The number of nitrogens with one attached hydrogen (secondary N) is 1. The Hall–Kier alpha value is -2.67. The summed E-state index contributed by atoms with van der Waals surface area (Å²) in [5.74, 6) is 1.89. The van der Waals surface area contributed by atoms with Crippen LogP contribution < -0.4 is 25.4 Å². The predicted octanol–water partition coefficient (Wildman–Crippen LogP) is 2.59. The number of methoxy groups -OCH3 is 2. The summed E-state index contributed by atoms with van der Waals surface area (Å²) in [6.45, 7) is 2.33. The Morgan fingerprint density at radius 1 is 1.26 bits per heavy atom. The molecule has 27 heavy (non-hydrogen) atoms. The molecule has 3 rings (SSSR count). The first-order valence-corrected chi connectivity index (χ1v) is 9.05. The van der Waals surface area contributed by atoms with Crippen LogP contribution in [0.4, 0.5) is 11.5 Å². The van der Waals surface area contributed by atoms with E-state index in [1.54, 1.807) is 14.2 Å². The van der Waals surface area contributed by atoms with Crippen molar-refractivity contribution >= 4 is 29.0 Å². The Morgan fingerprint density at radius 3 is 2.59 bits per heavy atom. The molecule has 1 aromatic heterocycles. The number of halogens is 1. The molecule has 1 saturated heterocycles. The fourth-order valence-electron chi connectivity index (χ4n) is 3.20. The molecule has 1 unspecified atom stereocenters. The van der Waals surface area contributed by atoms with Crippen LogP contribution in [-0.2, 0) is 0 Å². The summed E-state index contributed by atoms with van der Waals surface area (Å²) in [5.41, 5.74) is 7.11. The van der Waals surface area contributed by atoms with Gasteiger partial charge in [-0.25, -0.2) is 4.98 Å². The van der Waals surface area contributed by atoms with Crippen LogP contribution in [-0.4, -0.2) is 44.7 Å². The van der Waals surface area contributed by atoms with Crippen LogP contribution in [0.2, 0.25) is 5.15 Å². The van der Waals surface area contributed by atoms with Crippen molar-refractivity contribution in [3.8, 4) is 11.5 Å². The van der Waals surface area contributed by atoms with E-state index in [0.717, 1.165) is 36.7 Å². The second-order valence-corrected chi connectivity index (χ2v) is 6.87. The molecule has 3 N–H and O–H groups in total. The van der Waals surface area contributed by atoms with Crippen LogP contribution >= 0.6 is 11.6 Å². The van der Waals surface area contributed by atoms with Crippen LogP contribution in [0.3, 0.4) is 0 Å². The first kappa shape index (κ1) is 19.1. The number of aromatic nitrogens is 1. The number of nitrogens with zero attached hydrogens (tertiary/aromatic N) is 2. The van der Waals surface area contributed by atoms with Gasteiger partial charge in [-0.3, -0.25) is 4.79 Å². The van der Waals surface area contributed by atoms with Crippen LogP contribution in [0.25, 0.3) is 0 Å². The van der Waals surface area contributed by atoms with E-state index in [9.17, 15) is 4.79 Å². The highest BCUT2D eigenvalue weighted by molar-refractivity contribution is 6.29. The number of rotatable bonds is 6. The molecule has 0 bridgehead atoms. The summed E-state index contributed by atoms with van der Waals surface area (Å²) in [5, 5.41) is 3.16. The van der Waals surface area contributed by atoms with E-state index in [2.05, 4.69) is 15.2 Å². The lowest BCUT2D eigenvalue weighted by molar-refractivity contribution is 0.0948. The zero-order valence-electron chi connectivity index (χ0n) is 15.4. The summed E-state index contributed by atoms with van der Waals surface area (Å²) >= 11 is 5.86. The summed E-state index contributed by atoms with van der Waals surface area (Å²) in [7, 11) is 3.28. The number of pyridine rings is 1. The molecule has 1 aromatic carbocycles. The maximum Gasteiger partial charge on any atom is 0.251 e. The van der Waals surface area contributed by atoms with Crippen LogP contribution in [0.1, 0.15) is 16.8 Å². The summed E-state index contributed by atoms with van der Waals surface area (Å²) < 4.78 is 10.7. The largest absolute Gasteiger partial charge is 0.497 e. The quantitative estimate of drug-likeness (QED) is 0.737. The smallest absolute Gasteiger partial charge is 0.251 e. The second kappa shape index (κ2) is 8.35. The van der Waals surface area contributed by atoms with E-state index in [1.165, 1.54) is 12.1 Å². The average Bonchev–Trinajstić information content (AvgIpc) is 3.14. The molecule has 2 aromatic rings. The van der Waals surface area contributed by atoms with Gasteiger partial charge in [0.25, 0.3) is 5.91 Å². The number of carbonyl (C=O) groups excluding carboxylic acids is 1. The fourth-order valence-corrected chi connectivity index (χ4v) is 3.41. The van der Waals surface area contributed by atoms with Gasteiger partial charge in [-0.15, -0.1) is 0 Å². The number of nitrogens with two attached hydrogens (primary N) is 1. The molecule has 1 aliphatic rings. The molecule has 7 nitrogen and oxygen atoms in total. The molecule has 1 atom stereocenters. The lowest BCUT2D eigenvalue weighted by atomic mass is 10.1. The Morgan fingerprint density at radius 2 is 1.96 bits per heavy atom. The van der Waals surface area contributed by atoms with E-state index >= 15 is 0 Å². The van der Waals surface area contributed by atoms with E-state index in [4.69, 9.17) is 26.8 Å². The number of hydrogen-bond acceptors (Lipinski definition) is 6. The highest BCUT2D eigenvalue weighted by Crippen LogP contribution is 2.31. The van der Waals surface area contributed by atoms with Gasteiger partial charge in [0.2, 0.25) is 0 Å². The summed E-state index contributed by atoms with van der Waals surface area (Å²) in [4.78, 5) is 18.5. The summed E-state index contributed by atoms with van der Waals surface area (Å²) in [6.07, 6.45) is 0.985. The van der Waals surface area contributed by atoms with Gasteiger partial charge >= 0.3 is 0 Å². The van der Waals surface area contributed by atoms with E-state index in [0.29, 0.717) is 18.0 Å². The maximum atomic E-state index is 12.3. The lowest BCUT2D eigenvalue weighted by Crippen LogP contribution is -2.31. The third-order valence-corrected chi connectivity index (χ3v) is 4.81. The molecule has 0 saturated carbocycles. The van der Waals surface area contributed by atoms with Gasteiger partial charge in [-0.1, -0.05) is 11.6 Å². The number of hydrogen-bond donors (Lipinski definition) is 2. The number of benzene rings is 1. The van der Waals surface area contributed by atoms with Crippen molar-refractivity contribution in [3.05, 3.63) is 41.0 Å². The Balaban J connectivity index is 1.59. The molecule has 144 valence electrons. The number of ether oxygens (including phenoxy) is 2. The first-order valence-electron chi connectivity index (χ1n) is 8.67. The zero-order chi connectivity index (χ0) is 19.4. The van der Waals surface area contributed by atoms with Crippen LogP contribution in [0.5, 0.6) is 11.5 Å². The summed E-state index contributed by atoms with van der Waals surface area (Å²) in [6, 6.07) is 8.86. The molecule has 2 heterocycles. The number of nitrogen functional groups attached to an aromatic ring is 1. The lowest BCUT2D eigenvalue weighted by Gasteiger charge is -2.20. The van der Waals surface area contributed by atoms with E-state index in [1.807, 2.05) is 18.2 Å². The SMILES string of the molecule is COc1cc(OC)cc(N2CCC(CNC(=O)c3cc(N)nc(Cl)c3)C2)c1. The molecule has 1 fully saturated rings. The maximum absolute atomic E-state index is 12.3. The third kappa shape index (κ3) is 4.74. The number of carbonyl (C=O) groups is 1. The van der Waals surface area contributed by atoms with Gasteiger partial charge < -0.3 is 25.4 Å². The second-order valence-electron chi connectivity index (χ2n) is 6.49. The Kier molecular flexibility index (Phi) is 5.91. The highest BCUT2D eigenvalue weighted by Gasteiger charge is 2.24. The molecule has 0 spiro atoms. The fraction of sp³-hybridized carbons (Fsp3) is 0.368.